The molecule has 0 aromatic heterocycles. The van der Waals surface area contributed by atoms with Crippen LogP contribution in [-0.4, -0.2) is 51.2 Å². The molecule has 0 unspecified atom stereocenters. The maximum absolute atomic E-state index is 12.9. The summed E-state index contributed by atoms with van der Waals surface area (Å²) in [6, 6.07) is 12.1. The van der Waals surface area contributed by atoms with Gasteiger partial charge in [-0.2, -0.15) is 0 Å². The van der Waals surface area contributed by atoms with Crippen molar-refractivity contribution in [1.29, 1.82) is 0 Å². The van der Waals surface area contributed by atoms with E-state index < -0.39 is 10.0 Å². The molecule has 2 aromatic carbocycles. The summed E-state index contributed by atoms with van der Waals surface area (Å²) >= 11 is 0. The molecule has 2 aromatic rings. The van der Waals surface area contributed by atoms with Gasteiger partial charge in [0, 0.05) is 39.0 Å². The summed E-state index contributed by atoms with van der Waals surface area (Å²) in [6.45, 7) is 1.72. The summed E-state index contributed by atoms with van der Waals surface area (Å²) in [7, 11) is -0.532. The van der Waals surface area contributed by atoms with Crippen LogP contribution in [-0.2, 0) is 10.0 Å². The zero-order valence-corrected chi connectivity index (χ0v) is 16.5. The zero-order chi connectivity index (χ0) is 19.4. The van der Waals surface area contributed by atoms with Crippen LogP contribution in [0.1, 0.15) is 24.8 Å². The number of aliphatic imine (C=N–C) groups is 1. The van der Waals surface area contributed by atoms with E-state index in [2.05, 4.69) is 9.89 Å². The minimum Gasteiger partial charge on any atom is -0.507 e. The molecule has 1 N–H and O–H groups in total. The number of benzene rings is 2. The van der Waals surface area contributed by atoms with Crippen molar-refractivity contribution >= 4 is 27.6 Å². The lowest BCUT2D eigenvalue weighted by atomic mass is 10.1. The standard InChI is InChI=1S/C20H25N3O3S/c1-22(2)27(25,26)20-14-17(21-15-16-8-4-5-9-19(16)24)10-11-18(20)23-12-6-3-7-13-23/h4-5,8-11,14-15,24H,3,6-7,12-13H2,1-2H3. The number of para-hydroxylation sites is 1. The first-order chi connectivity index (χ1) is 12.9. The second-order valence-electron chi connectivity index (χ2n) is 6.80. The van der Waals surface area contributed by atoms with E-state index in [0.717, 1.165) is 31.6 Å². The zero-order valence-electron chi connectivity index (χ0n) is 15.7. The molecule has 1 aliphatic rings. The van der Waals surface area contributed by atoms with E-state index in [1.54, 1.807) is 24.3 Å². The first-order valence-electron chi connectivity index (χ1n) is 9.03. The third kappa shape index (κ3) is 4.31. The van der Waals surface area contributed by atoms with Crippen molar-refractivity contribution in [1.82, 2.24) is 4.31 Å². The molecule has 0 spiro atoms. The predicted molar refractivity (Wildman–Crippen MR) is 109 cm³/mol. The number of phenols is 1. The van der Waals surface area contributed by atoms with Crippen molar-refractivity contribution in [3.8, 4) is 5.75 Å². The lowest BCUT2D eigenvalue weighted by Gasteiger charge is -2.31. The highest BCUT2D eigenvalue weighted by atomic mass is 32.2. The Kier molecular flexibility index (Phi) is 5.82. The average Bonchev–Trinajstić information content (AvgIpc) is 2.67. The molecule has 0 radical (unpaired) electrons. The Hall–Kier alpha value is -2.38. The molecule has 0 atom stereocenters. The lowest BCUT2D eigenvalue weighted by molar-refractivity contribution is 0.474. The van der Waals surface area contributed by atoms with E-state index in [1.807, 2.05) is 18.2 Å². The van der Waals surface area contributed by atoms with Crippen molar-refractivity contribution in [2.75, 3.05) is 32.1 Å². The maximum atomic E-state index is 12.9. The first-order valence-corrected chi connectivity index (χ1v) is 10.5. The number of hydrogen-bond donors (Lipinski definition) is 1. The first kappa shape index (κ1) is 19.4. The van der Waals surface area contributed by atoms with Crippen LogP contribution in [0.15, 0.2) is 52.4 Å². The normalized spacial score (nSPS) is 15.6. The molecule has 27 heavy (non-hydrogen) atoms. The van der Waals surface area contributed by atoms with Crippen LogP contribution in [0.3, 0.4) is 0 Å². The third-order valence-corrected chi connectivity index (χ3v) is 6.53. The summed E-state index contributed by atoms with van der Waals surface area (Å²) in [4.78, 5) is 6.77. The summed E-state index contributed by atoms with van der Waals surface area (Å²) in [6.07, 6.45) is 4.84. The Balaban J connectivity index is 2.01. The van der Waals surface area contributed by atoms with Crippen molar-refractivity contribution in [2.45, 2.75) is 24.2 Å². The van der Waals surface area contributed by atoms with E-state index in [-0.39, 0.29) is 10.6 Å². The van der Waals surface area contributed by atoms with Gasteiger partial charge < -0.3 is 10.0 Å². The van der Waals surface area contributed by atoms with Crippen LogP contribution in [0.2, 0.25) is 0 Å². The van der Waals surface area contributed by atoms with E-state index in [0.29, 0.717) is 11.3 Å². The Morgan fingerprint density at radius 3 is 2.44 bits per heavy atom. The van der Waals surface area contributed by atoms with Crippen LogP contribution in [0.5, 0.6) is 5.75 Å². The summed E-state index contributed by atoms with van der Waals surface area (Å²) < 4.78 is 27.0. The number of piperidine rings is 1. The number of aromatic hydroxyl groups is 1. The fourth-order valence-electron chi connectivity index (χ4n) is 3.12. The highest BCUT2D eigenvalue weighted by Gasteiger charge is 2.25. The van der Waals surface area contributed by atoms with Crippen LogP contribution in [0.4, 0.5) is 11.4 Å². The largest absolute Gasteiger partial charge is 0.507 e. The third-order valence-electron chi connectivity index (χ3n) is 4.69. The van der Waals surface area contributed by atoms with Gasteiger partial charge in [-0.05, 0) is 49.6 Å². The molecule has 3 rings (SSSR count). The highest BCUT2D eigenvalue weighted by molar-refractivity contribution is 7.89. The molecular weight excluding hydrogens is 362 g/mol. The molecule has 1 fully saturated rings. The minimum absolute atomic E-state index is 0.132. The quantitative estimate of drug-likeness (QED) is 0.798. The number of hydrogen-bond acceptors (Lipinski definition) is 5. The SMILES string of the molecule is CN(C)S(=O)(=O)c1cc(N=Cc2ccccc2O)ccc1N1CCCCC1. The number of anilines is 1. The summed E-state index contributed by atoms with van der Waals surface area (Å²) in [5.74, 6) is 0.132. The number of nitrogens with zero attached hydrogens (tertiary/aromatic N) is 3. The maximum Gasteiger partial charge on any atom is 0.244 e. The van der Waals surface area contributed by atoms with E-state index in [9.17, 15) is 13.5 Å². The molecule has 144 valence electrons. The average molecular weight is 388 g/mol. The molecule has 1 aliphatic heterocycles. The minimum atomic E-state index is -3.60. The van der Waals surface area contributed by atoms with Gasteiger partial charge in [-0.25, -0.2) is 12.7 Å². The van der Waals surface area contributed by atoms with Crippen LogP contribution in [0.25, 0.3) is 0 Å². The smallest absolute Gasteiger partial charge is 0.244 e. The molecular formula is C20H25N3O3S. The Labute approximate surface area is 160 Å². The van der Waals surface area contributed by atoms with Gasteiger partial charge in [0.1, 0.15) is 10.6 Å². The van der Waals surface area contributed by atoms with Crippen molar-refractivity contribution in [2.24, 2.45) is 4.99 Å². The Bertz CT molecular complexity index is 933. The lowest BCUT2D eigenvalue weighted by Crippen LogP contribution is -2.32. The van der Waals surface area contributed by atoms with Gasteiger partial charge in [-0.15, -0.1) is 0 Å². The second kappa shape index (κ2) is 8.10. The Morgan fingerprint density at radius 2 is 1.78 bits per heavy atom. The second-order valence-corrected chi connectivity index (χ2v) is 8.92. The Morgan fingerprint density at radius 1 is 1.07 bits per heavy atom. The summed E-state index contributed by atoms with van der Waals surface area (Å²) in [5.41, 5.74) is 1.83. The topological polar surface area (TPSA) is 73.2 Å². The van der Waals surface area contributed by atoms with Gasteiger partial charge in [0.25, 0.3) is 0 Å². The van der Waals surface area contributed by atoms with Crippen molar-refractivity contribution in [3.63, 3.8) is 0 Å². The molecule has 6 nitrogen and oxygen atoms in total. The number of rotatable bonds is 5. The fourth-order valence-corrected chi connectivity index (χ4v) is 4.25. The van der Waals surface area contributed by atoms with Crippen LogP contribution < -0.4 is 4.90 Å². The van der Waals surface area contributed by atoms with E-state index in [1.165, 1.54) is 31.0 Å². The van der Waals surface area contributed by atoms with Crippen molar-refractivity contribution in [3.05, 3.63) is 48.0 Å². The molecule has 0 saturated carbocycles. The fraction of sp³-hybridized carbons (Fsp3) is 0.350. The summed E-state index contributed by atoms with van der Waals surface area (Å²) in [5, 5.41) is 9.86. The molecule has 0 bridgehead atoms. The number of phenolic OH excluding ortho intramolecular Hbond substituents is 1. The van der Waals surface area contributed by atoms with E-state index in [4.69, 9.17) is 0 Å². The van der Waals surface area contributed by atoms with Crippen LogP contribution in [0, 0.1) is 0 Å². The predicted octanol–water partition coefficient (Wildman–Crippen LogP) is 3.38. The van der Waals surface area contributed by atoms with Gasteiger partial charge >= 0.3 is 0 Å². The van der Waals surface area contributed by atoms with Gasteiger partial charge in [0.2, 0.25) is 10.0 Å². The van der Waals surface area contributed by atoms with Gasteiger partial charge in [-0.3, -0.25) is 4.99 Å². The molecule has 1 heterocycles. The van der Waals surface area contributed by atoms with Crippen molar-refractivity contribution < 1.29 is 13.5 Å². The van der Waals surface area contributed by atoms with Crippen LogP contribution >= 0.6 is 0 Å². The number of sulfonamides is 1. The monoisotopic (exact) mass is 387 g/mol. The molecule has 7 heteroatoms. The molecule has 0 aliphatic carbocycles. The van der Waals surface area contributed by atoms with E-state index >= 15 is 0 Å². The van der Waals surface area contributed by atoms with Gasteiger partial charge in [-0.1, -0.05) is 12.1 Å². The molecule has 0 amide bonds. The highest BCUT2D eigenvalue weighted by Crippen LogP contribution is 2.33. The van der Waals surface area contributed by atoms with Gasteiger partial charge in [0.15, 0.2) is 0 Å². The molecule has 1 saturated heterocycles. The van der Waals surface area contributed by atoms with Gasteiger partial charge in [0.05, 0.1) is 11.4 Å².